The number of fused-ring (bicyclic) bond motifs is 5. The fourth-order valence-corrected chi connectivity index (χ4v) is 40.8. The highest BCUT2D eigenvalue weighted by Crippen LogP contribution is 2.49. The van der Waals surface area contributed by atoms with Crippen molar-refractivity contribution in [3.63, 3.8) is 0 Å². The van der Waals surface area contributed by atoms with Crippen LogP contribution in [-0.4, -0.2) is 32.3 Å². The van der Waals surface area contributed by atoms with Crippen molar-refractivity contribution < 1.29 is 0 Å². The fourth-order valence-electron chi connectivity index (χ4n) is 21.7. The molecule has 22 rings (SSSR count). The molecular weight excluding hydrogens is 1650 g/mol. The van der Waals surface area contributed by atoms with Crippen LogP contribution >= 0.6 is 0 Å². The lowest BCUT2D eigenvalue weighted by atomic mass is 9.93. The zero-order chi connectivity index (χ0) is 88.1. The highest BCUT2D eigenvalue weighted by molar-refractivity contribution is 7.22. The molecule has 0 N–H and O–H groups in total. The first-order valence-electron chi connectivity index (χ1n) is 45.8. The molecule has 0 unspecified atom stereocenters. The standard InChI is InChI=1S/C126H94N2Si4/c1-13-55-103(56-14-1)129(104-57-15-2-16-58-104,105-59-17-3-18-60-105)115-79-43-49-97(89-115)95-47-41-51-99(87-95)127(101-53-45-81-117(91-101)131(109-67-25-7-26-68-109,110-69-27-8-28-70-110)111-71-29-9-30-72-111)125-93-123-120-84-38-40-86-122(120)126(94-124(123)119-83-37-39-85-121(119)125)128(102-54-46-82-118(92-102)132(112-73-31-10-32-74-112,113-75-33-11-34-76-113)114-77-35-12-36-78-114)100-52-42-48-96(88-100)98-50-44-80-116(90-98)130(106-61-19-4-20-62-106,107-63-21-5-22-64-107)108-65-23-6-24-66-108/h1-94H. The molecule has 0 amide bonds. The highest BCUT2D eigenvalue weighted by atomic mass is 28.3. The minimum absolute atomic E-state index is 1.04. The van der Waals surface area contributed by atoms with Gasteiger partial charge >= 0.3 is 0 Å². The van der Waals surface area contributed by atoms with E-state index in [1.807, 2.05) is 0 Å². The number of benzene rings is 22. The van der Waals surface area contributed by atoms with Gasteiger partial charge in [-0.15, -0.1) is 0 Å². The molecule has 0 atom stereocenters. The number of anilines is 6. The molecule has 0 spiro atoms. The third kappa shape index (κ3) is 14.4. The van der Waals surface area contributed by atoms with Gasteiger partial charge in [-0.2, -0.15) is 0 Å². The first-order chi connectivity index (χ1) is 65.5. The van der Waals surface area contributed by atoms with Gasteiger partial charge in [-0.25, -0.2) is 0 Å². The summed E-state index contributed by atoms with van der Waals surface area (Å²) >= 11 is 0. The van der Waals surface area contributed by atoms with E-state index >= 15 is 0 Å². The minimum Gasteiger partial charge on any atom is -0.310 e. The number of nitrogens with zero attached hydrogens (tertiary/aromatic N) is 2. The van der Waals surface area contributed by atoms with Gasteiger partial charge < -0.3 is 9.80 Å². The first-order valence-corrected chi connectivity index (χ1v) is 53.8. The van der Waals surface area contributed by atoms with E-state index in [2.05, 4.69) is 580 Å². The van der Waals surface area contributed by atoms with Crippen LogP contribution in [0.4, 0.5) is 34.1 Å². The van der Waals surface area contributed by atoms with Crippen molar-refractivity contribution in [2.24, 2.45) is 0 Å². The van der Waals surface area contributed by atoms with E-state index < -0.39 is 32.3 Å². The van der Waals surface area contributed by atoms with E-state index in [4.69, 9.17) is 0 Å². The van der Waals surface area contributed by atoms with Crippen molar-refractivity contribution in [3.8, 4) is 22.3 Å². The molecule has 0 aliphatic heterocycles. The molecule has 0 aliphatic carbocycles. The van der Waals surface area contributed by atoms with Crippen LogP contribution in [0.25, 0.3) is 54.6 Å². The van der Waals surface area contributed by atoms with Gasteiger partial charge in [0.1, 0.15) is 0 Å². The average molecular weight is 1750 g/mol. The summed E-state index contributed by atoms with van der Waals surface area (Å²) < 4.78 is 0. The summed E-state index contributed by atoms with van der Waals surface area (Å²) in [4.78, 5) is 5.18. The van der Waals surface area contributed by atoms with E-state index in [1.165, 1.54) is 83.0 Å². The lowest BCUT2D eigenvalue weighted by Crippen LogP contribution is -2.74. The van der Waals surface area contributed by atoms with Crippen molar-refractivity contribution in [1.29, 1.82) is 0 Å². The third-order valence-electron chi connectivity index (χ3n) is 27.3. The maximum absolute atomic E-state index is 3.12. The predicted octanol–water partition coefficient (Wildman–Crippen LogP) is 20.9. The molecule has 2 nitrogen and oxygen atoms in total. The second kappa shape index (κ2) is 36.0. The van der Waals surface area contributed by atoms with Gasteiger partial charge in [0.15, 0.2) is 32.3 Å². The zero-order valence-corrected chi connectivity index (χ0v) is 77.2. The Morgan fingerprint density at radius 2 is 0.265 bits per heavy atom. The Bertz CT molecular complexity index is 6950. The molecule has 0 fully saturated rings. The maximum Gasteiger partial charge on any atom is 0.179 e. The molecule has 0 aliphatic rings. The smallest absolute Gasteiger partial charge is 0.179 e. The molecule has 0 saturated carbocycles. The molecule has 22 aromatic carbocycles. The van der Waals surface area contributed by atoms with E-state index in [0.717, 1.165) is 88.7 Å². The minimum atomic E-state index is -3.12. The van der Waals surface area contributed by atoms with E-state index in [1.54, 1.807) is 0 Å². The second-order valence-electron chi connectivity index (χ2n) is 34.4. The molecule has 0 radical (unpaired) electrons. The molecule has 132 heavy (non-hydrogen) atoms. The van der Waals surface area contributed by atoms with Gasteiger partial charge in [0.2, 0.25) is 0 Å². The molecule has 0 bridgehead atoms. The van der Waals surface area contributed by atoms with Gasteiger partial charge in [0.05, 0.1) is 11.4 Å². The van der Waals surface area contributed by atoms with Crippen molar-refractivity contribution in [1.82, 2.24) is 0 Å². The summed E-state index contributed by atoms with van der Waals surface area (Å²) in [6, 6.07) is 216. The van der Waals surface area contributed by atoms with Crippen LogP contribution in [0.5, 0.6) is 0 Å². The van der Waals surface area contributed by atoms with Crippen LogP contribution in [0.15, 0.2) is 570 Å². The molecule has 624 valence electrons. The Hall–Kier alpha value is -15.9. The summed E-state index contributed by atoms with van der Waals surface area (Å²) in [5, 5.41) is 27.9. The average Bonchev–Trinajstić information content (AvgIpc) is 0.647. The van der Waals surface area contributed by atoms with Crippen molar-refractivity contribution in [2.45, 2.75) is 0 Å². The van der Waals surface area contributed by atoms with E-state index in [9.17, 15) is 0 Å². The molecule has 22 aromatic rings. The predicted molar refractivity (Wildman–Crippen MR) is 574 cm³/mol. The largest absolute Gasteiger partial charge is 0.310 e. The van der Waals surface area contributed by atoms with Gasteiger partial charge in [0, 0.05) is 33.5 Å². The van der Waals surface area contributed by atoms with Crippen molar-refractivity contribution in [3.05, 3.63) is 570 Å². The maximum atomic E-state index is 2.59. The highest BCUT2D eigenvalue weighted by Gasteiger charge is 2.46. The number of rotatable bonds is 24. The number of hydrogen-bond acceptors (Lipinski definition) is 2. The normalized spacial score (nSPS) is 11.8. The topological polar surface area (TPSA) is 6.48 Å². The molecule has 0 aromatic heterocycles. The van der Waals surface area contributed by atoms with Gasteiger partial charge in [-0.05, 0) is 187 Å². The molecular formula is C126H94N2Si4. The van der Waals surface area contributed by atoms with Crippen LogP contribution in [0.2, 0.25) is 0 Å². The van der Waals surface area contributed by atoms with Gasteiger partial charge in [-0.1, -0.05) is 510 Å². The summed E-state index contributed by atoms with van der Waals surface area (Å²) in [6.45, 7) is 0. The van der Waals surface area contributed by atoms with Gasteiger partial charge in [0.25, 0.3) is 0 Å². The van der Waals surface area contributed by atoms with Crippen molar-refractivity contribution >= 4 is 182 Å². The van der Waals surface area contributed by atoms with Crippen LogP contribution in [0, 0.1) is 0 Å². The lowest BCUT2D eigenvalue weighted by molar-refractivity contribution is 1.30. The quantitative estimate of drug-likeness (QED) is 0.0338. The lowest BCUT2D eigenvalue weighted by Gasteiger charge is -2.36. The Morgan fingerprint density at radius 1 is 0.106 bits per heavy atom. The van der Waals surface area contributed by atoms with E-state index in [-0.39, 0.29) is 0 Å². The Balaban J connectivity index is 0.787. The zero-order valence-electron chi connectivity index (χ0n) is 73.2. The number of hydrogen-bond donors (Lipinski definition) is 0. The monoisotopic (exact) mass is 1750 g/mol. The summed E-state index contributed by atoms with van der Waals surface area (Å²) in [5.41, 5.74) is 10.8. The Morgan fingerprint density at radius 3 is 0.485 bits per heavy atom. The Labute approximate surface area is 778 Å². The van der Waals surface area contributed by atoms with Crippen molar-refractivity contribution in [2.75, 3.05) is 9.80 Å². The molecule has 0 heterocycles. The summed E-state index contributed by atoms with van der Waals surface area (Å²) in [5.74, 6) is 0. The summed E-state index contributed by atoms with van der Waals surface area (Å²) in [6.07, 6.45) is 0. The third-order valence-corrected chi connectivity index (χ3v) is 46.4. The fraction of sp³-hybridized carbons (Fsp3) is 0. The SMILES string of the molecule is c1ccc([Si](c2ccccc2)(c2ccccc2)c2cccc(-c3cccc(N(c4cccc([Si](c5ccccc5)(c5ccccc5)c5ccccc5)c4)c4cc5c6ccccc6c(N(c6cccc(-c7cccc([Si](c8ccccc8)(c8ccccc8)c8ccccc8)c7)c6)c6cccc([Si](c7ccccc7)(c7ccccc7)c7ccccc7)c6)cc5c5ccccc45)c3)c2)cc1. The second-order valence-corrected chi connectivity index (χ2v) is 49.6. The summed E-state index contributed by atoms with van der Waals surface area (Å²) in [7, 11) is -12.1. The van der Waals surface area contributed by atoms with E-state index in [0.29, 0.717) is 0 Å². The van der Waals surface area contributed by atoms with Crippen LogP contribution < -0.4 is 92.8 Å². The van der Waals surface area contributed by atoms with Gasteiger partial charge in [-0.3, -0.25) is 0 Å². The van der Waals surface area contributed by atoms with Crippen LogP contribution in [0.3, 0.4) is 0 Å². The molecule has 0 saturated heterocycles. The molecule has 6 heteroatoms. The van der Waals surface area contributed by atoms with Crippen LogP contribution in [0.1, 0.15) is 0 Å². The Kier molecular flexibility index (Phi) is 22.3. The van der Waals surface area contributed by atoms with Crippen LogP contribution in [-0.2, 0) is 0 Å². The first kappa shape index (κ1) is 81.8.